The molecule has 4 heteroatoms. The molecule has 1 heterocycles. The largest absolute Gasteiger partial charge is 0.484 e. The Bertz CT molecular complexity index is 496. The van der Waals surface area contributed by atoms with Crippen LogP contribution < -0.4 is 4.74 Å². The van der Waals surface area contributed by atoms with Crippen LogP contribution in [0.3, 0.4) is 0 Å². The van der Waals surface area contributed by atoms with Gasteiger partial charge in [0.05, 0.1) is 12.2 Å². The second-order valence-electron chi connectivity index (χ2n) is 5.98. The summed E-state index contributed by atoms with van der Waals surface area (Å²) in [5, 5.41) is 0. The van der Waals surface area contributed by atoms with E-state index in [4.69, 9.17) is 9.47 Å². The number of carbonyl (C=O) groups excluding carboxylic acids is 1. The van der Waals surface area contributed by atoms with Crippen LogP contribution in [-0.4, -0.2) is 42.7 Å². The summed E-state index contributed by atoms with van der Waals surface area (Å²) in [4.78, 5) is 14.0. The maximum absolute atomic E-state index is 12.2. The number of morpholine rings is 1. The average molecular weight is 277 g/mol. The van der Waals surface area contributed by atoms with Gasteiger partial charge < -0.3 is 14.4 Å². The van der Waals surface area contributed by atoms with E-state index in [-0.39, 0.29) is 18.1 Å². The number of rotatable bonds is 3. The van der Waals surface area contributed by atoms with E-state index in [1.165, 1.54) is 5.56 Å². The van der Waals surface area contributed by atoms with Gasteiger partial charge in [-0.3, -0.25) is 4.79 Å². The van der Waals surface area contributed by atoms with Crippen molar-refractivity contribution in [2.45, 2.75) is 33.3 Å². The molecule has 0 aromatic heterocycles. The van der Waals surface area contributed by atoms with Gasteiger partial charge in [-0.1, -0.05) is 17.7 Å². The molecule has 20 heavy (non-hydrogen) atoms. The van der Waals surface area contributed by atoms with Crippen LogP contribution in [0.5, 0.6) is 5.75 Å². The van der Waals surface area contributed by atoms with E-state index in [1.807, 2.05) is 44.7 Å². The number of aryl methyl sites for hydroxylation is 2. The first-order valence-electron chi connectivity index (χ1n) is 6.99. The average Bonchev–Trinajstić information content (AvgIpc) is 2.36. The summed E-state index contributed by atoms with van der Waals surface area (Å²) in [5.41, 5.74) is 1.98. The number of carbonyl (C=O) groups is 1. The Morgan fingerprint density at radius 3 is 2.80 bits per heavy atom. The van der Waals surface area contributed by atoms with Crippen LogP contribution >= 0.6 is 0 Å². The van der Waals surface area contributed by atoms with Gasteiger partial charge in [-0.2, -0.15) is 0 Å². The Balaban J connectivity index is 1.92. The van der Waals surface area contributed by atoms with E-state index in [0.717, 1.165) is 11.3 Å². The molecule has 1 aromatic carbocycles. The lowest BCUT2D eigenvalue weighted by Gasteiger charge is -2.38. The third-order valence-corrected chi connectivity index (χ3v) is 3.46. The van der Waals surface area contributed by atoms with Gasteiger partial charge in [0.25, 0.3) is 5.91 Å². The van der Waals surface area contributed by atoms with Crippen molar-refractivity contribution in [3.05, 3.63) is 29.3 Å². The molecule has 1 aromatic rings. The van der Waals surface area contributed by atoms with Crippen LogP contribution in [0, 0.1) is 13.8 Å². The molecule has 0 N–H and O–H groups in total. The molecule has 0 saturated carbocycles. The molecule has 1 saturated heterocycles. The lowest BCUT2D eigenvalue weighted by molar-refractivity contribution is -0.147. The predicted molar refractivity (Wildman–Crippen MR) is 78.0 cm³/mol. The maximum atomic E-state index is 12.2. The zero-order valence-electron chi connectivity index (χ0n) is 12.7. The third-order valence-electron chi connectivity index (χ3n) is 3.46. The molecular weight excluding hydrogens is 254 g/mol. The number of benzene rings is 1. The van der Waals surface area contributed by atoms with E-state index in [9.17, 15) is 4.79 Å². The third kappa shape index (κ3) is 3.73. The van der Waals surface area contributed by atoms with Gasteiger partial charge in [-0.25, -0.2) is 0 Å². The van der Waals surface area contributed by atoms with Crippen molar-refractivity contribution in [1.29, 1.82) is 0 Å². The molecule has 0 atom stereocenters. The normalized spacial score (nSPS) is 17.9. The Kier molecular flexibility index (Phi) is 4.33. The first kappa shape index (κ1) is 14.9. The van der Waals surface area contributed by atoms with Crippen LogP contribution in [-0.2, 0) is 9.53 Å². The van der Waals surface area contributed by atoms with Gasteiger partial charge in [0.2, 0.25) is 0 Å². The highest BCUT2D eigenvalue weighted by Gasteiger charge is 2.29. The number of amides is 1. The van der Waals surface area contributed by atoms with E-state index < -0.39 is 0 Å². The summed E-state index contributed by atoms with van der Waals surface area (Å²) in [6.07, 6.45) is 0. The van der Waals surface area contributed by atoms with Crippen molar-refractivity contribution in [1.82, 2.24) is 4.90 Å². The summed E-state index contributed by atoms with van der Waals surface area (Å²) >= 11 is 0. The minimum absolute atomic E-state index is 0.0151. The predicted octanol–water partition coefficient (Wildman–Crippen LogP) is 2.32. The molecule has 1 amide bonds. The van der Waals surface area contributed by atoms with Crippen LogP contribution in [0.2, 0.25) is 0 Å². The number of hydrogen-bond acceptors (Lipinski definition) is 3. The summed E-state index contributed by atoms with van der Waals surface area (Å²) in [6.45, 7) is 9.94. The van der Waals surface area contributed by atoms with Crippen LogP contribution in [0.1, 0.15) is 25.0 Å². The summed E-state index contributed by atoms with van der Waals surface area (Å²) < 4.78 is 11.2. The molecule has 0 radical (unpaired) electrons. The summed E-state index contributed by atoms with van der Waals surface area (Å²) in [5.74, 6) is 0.790. The Labute approximate surface area is 120 Å². The molecule has 1 aliphatic heterocycles. The molecule has 1 aliphatic rings. The molecule has 2 rings (SSSR count). The number of ether oxygens (including phenoxy) is 2. The highest BCUT2D eigenvalue weighted by molar-refractivity contribution is 5.78. The van der Waals surface area contributed by atoms with E-state index >= 15 is 0 Å². The van der Waals surface area contributed by atoms with Crippen LogP contribution in [0.4, 0.5) is 0 Å². The summed E-state index contributed by atoms with van der Waals surface area (Å²) in [6, 6.07) is 5.96. The minimum atomic E-state index is -0.270. The monoisotopic (exact) mass is 277 g/mol. The van der Waals surface area contributed by atoms with Gasteiger partial charge in [0, 0.05) is 13.1 Å². The fraction of sp³-hybridized carbons (Fsp3) is 0.562. The Morgan fingerprint density at radius 2 is 2.15 bits per heavy atom. The lowest BCUT2D eigenvalue weighted by atomic mass is 10.1. The van der Waals surface area contributed by atoms with Crippen molar-refractivity contribution in [3.8, 4) is 5.75 Å². The lowest BCUT2D eigenvalue weighted by Crippen LogP contribution is -2.51. The number of hydrogen-bond donors (Lipinski definition) is 0. The van der Waals surface area contributed by atoms with Crippen molar-refractivity contribution in [2.24, 2.45) is 0 Å². The molecule has 0 aliphatic carbocycles. The quantitative estimate of drug-likeness (QED) is 0.851. The summed E-state index contributed by atoms with van der Waals surface area (Å²) in [7, 11) is 0. The molecule has 110 valence electrons. The highest BCUT2D eigenvalue weighted by atomic mass is 16.5. The molecule has 1 fully saturated rings. The van der Waals surface area contributed by atoms with Gasteiger partial charge in [0.1, 0.15) is 5.75 Å². The van der Waals surface area contributed by atoms with Crippen molar-refractivity contribution in [3.63, 3.8) is 0 Å². The van der Waals surface area contributed by atoms with Gasteiger partial charge in [-0.05, 0) is 39.3 Å². The Morgan fingerprint density at radius 1 is 1.40 bits per heavy atom. The van der Waals surface area contributed by atoms with E-state index in [2.05, 4.69) is 6.07 Å². The second kappa shape index (κ2) is 5.83. The van der Waals surface area contributed by atoms with Crippen molar-refractivity contribution in [2.75, 3.05) is 26.3 Å². The first-order chi connectivity index (χ1) is 9.37. The molecule has 4 nitrogen and oxygen atoms in total. The van der Waals surface area contributed by atoms with Crippen LogP contribution in [0.25, 0.3) is 0 Å². The standard InChI is InChI=1S/C16H23NO3/c1-12-5-6-14(13(2)9-12)19-10-15(18)17-7-8-20-16(3,4)11-17/h5-6,9H,7-8,10-11H2,1-4H3. The second-order valence-corrected chi connectivity index (χ2v) is 5.98. The van der Waals surface area contributed by atoms with Crippen molar-refractivity contribution < 1.29 is 14.3 Å². The minimum Gasteiger partial charge on any atom is -0.484 e. The van der Waals surface area contributed by atoms with Gasteiger partial charge >= 0.3 is 0 Å². The Hall–Kier alpha value is -1.55. The zero-order valence-corrected chi connectivity index (χ0v) is 12.7. The first-order valence-corrected chi connectivity index (χ1v) is 6.99. The fourth-order valence-corrected chi connectivity index (χ4v) is 2.42. The smallest absolute Gasteiger partial charge is 0.260 e. The van der Waals surface area contributed by atoms with E-state index in [1.54, 1.807) is 0 Å². The zero-order chi connectivity index (χ0) is 14.8. The highest BCUT2D eigenvalue weighted by Crippen LogP contribution is 2.20. The SMILES string of the molecule is Cc1ccc(OCC(=O)N2CCOC(C)(C)C2)c(C)c1. The van der Waals surface area contributed by atoms with Crippen LogP contribution in [0.15, 0.2) is 18.2 Å². The molecule has 0 unspecified atom stereocenters. The molecule has 0 spiro atoms. The number of nitrogens with zero attached hydrogens (tertiary/aromatic N) is 1. The topological polar surface area (TPSA) is 38.8 Å². The fourth-order valence-electron chi connectivity index (χ4n) is 2.42. The maximum Gasteiger partial charge on any atom is 0.260 e. The van der Waals surface area contributed by atoms with Crippen molar-refractivity contribution >= 4 is 5.91 Å². The molecule has 0 bridgehead atoms. The van der Waals surface area contributed by atoms with Gasteiger partial charge in [0.15, 0.2) is 6.61 Å². The van der Waals surface area contributed by atoms with E-state index in [0.29, 0.717) is 19.7 Å². The van der Waals surface area contributed by atoms with Gasteiger partial charge in [-0.15, -0.1) is 0 Å². The molecular formula is C16H23NO3.